The van der Waals surface area contributed by atoms with Gasteiger partial charge in [0.25, 0.3) is 5.91 Å². The van der Waals surface area contributed by atoms with Gasteiger partial charge in [-0.25, -0.2) is 4.79 Å². The maximum Gasteiger partial charge on any atom is 0.339 e. The third kappa shape index (κ3) is 4.42. The molecule has 2 N–H and O–H groups in total. The van der Waals surface area contributed by atoms with Crippen LogP contribution in [0.2, 0.25) is 0 Å². The molecule has 0 unspecified atom stereocenters. The number of fused-ring (bicyclic) bond motifs is 1. The second-order valence-electron chi connectivity index (χ2n) is 6.55. The third-order valence-electron chi connectivity index (χ3n) is 4.80. The van der Waals surface area contributed by atoms with Gasteiger partial charge in [-0.2, -0.15) is 0 Å². The molecule has 2 aromatic rings. The van der Waals surface area contributed by atoms with E-state index in [1.165, 1.54) is 4.90 Å². The van der Waals surface area contributed by atoms with Gasteiger partial charge in [-0.05, 0) is 31.5 Å². The van der Waals surface area contributed by atoms with E-state index in [0.29, 0.717) is 23.4 Å². The molecule has 0 saturated carbocycles. The Morgan fingerprint density at radius 3 is 2.77 bits per heavy atom. The minimum Gasteiger partial charge on any atom is -0.484 e. The van der Waals surface area contributed by atoms with Gasteiger partial charge >= 0.3 is 5.63 Å². The highest BCUT2D eigenvalue weighted by molar-refractivity contribution is 5.82. The minimum absolute atomic E-state index is 0.0704. The summed E-state index contributed by atoms with van der Waals surface area (Å²) in [5, 5.41) is 3.73. The maximum absolute atomic E-state index is 11.9. The van der Waals surface area contributed by atoms with Gasteiger partial charge in [-0.3, -0.25) is 4.79 Å². The molecule has 7 nitrogen and oxygen atoms in total. The topological polar surface area (TPSA) is 82.2 Å². The van der Waals surface area contributed by atoms with E-state index in [2.05, 4.69) is 5.32 Å². The first-order chi connectivity index (χ1) is 12.5. The zero-order valence-electron chi connectivity index (χ0n) is 15.2. The van der Waals surface area contributed by atoms with Gasteiger partial charge in [-0.15, -0.1) is 0 Å². The number of ether oxygens (including phenoxy) is 2. The van der Waals surface area contributed by atoms with Crippen LogP contribution >= 0.6 is 0 Å². The monoisotopic (exact) mass is 361 g/mol. The molecule has 1 aromatic heterocycles. The van der Waals surface area contributed by atoms with E-state index >= 15 is 0 Å². The fourth-order valence-corrected chi connectivity index (χ4v) is 3.01. The molecule has 1 aromatic carbocycles. The van der Waals surface area contributed by atoms with Gasteiger partial charge < -0.3 is 24.1 Å². The molecular weight excluding hydrogens is 336 g/mol. The number of quaternary nitrogens is 1. The summed E-state index contributed by atoms with van der Waals surface area (Å²) in [5.74, 6) is 0.331. The van der Waals surface area contributed by atoms with E-state index in [0.717, 1.165) is 43.8 Å². The molecule has 1 aliphatic heterocycles. The van der Waals surface area contributed by atoms with Crippen LogP contribution in [-0.2, 0) is 9.53 Å². The molecule has 0 atom stereocenters. The first-order valence-electron chi connectivity index (χ1n) is 8.89. The quantitative estimate of drug-likeness (QED) is 0.698. The number of nitrogens with one attached hydrogen (secondary N) is 2. The third-order valence-corrected chi connectivity index (χ3v) is 4.80. The number of hydrogen-bond acceptors (Lipinski definition) is 5. The second kappa shape index (κ2) is 8.33. The predicted octanol–water partition coefficient (Wildman–Crippen LogP) is -0.180. The Kier molecular flexibility index (Phi) is 5.90. The molecule has 1 fully saturated rings. The van der Waals surface area contributed by atoms with E-state index in [1.54, 1.807) is 19.1 Å². The number of carbonyl (C=O) groups is 1. The van der Waals surface area contributed by atoms with E-state index in [1.807, 2.05) is 13.0 Å². The van der Waals surface area contributed by atoms with Crippen LogP contribution in [-0.4, -0.2) is 51.9 Å². The van der Waals surface area contributed by atoms with Crippen molar-refractivity contribution in [1.82, 2.24) is 5.32 Å². The van der Waals surface area contributed by atoms with Crippen molar-refractivity contribution in [3.05, 3.63) is 39.7 Å². The zero-order valence-corrected chi connectivity index (χ0v) is 15.2. The van der Waals surface area contributed by atoms with Crippen LogP contribution < -0.4 is 20.6 Å². The van der Waals surface area contributed by atoms with Crippen molar-refractivity contribution in [1.29, 1.82) is 0 Å². The van der Waals surface area contributed by atoms with Crippen LogP contribution in [0.1, 0.15) is 11.1 Å². The lowest BCUT2D eigenvalue weighted by atomic mass is 10.1. The summed E-state index contributed by atoms with van der Waals surface area (Å²) < 4.78 is 16.1. The Hall–Kier alpha value is -2.38. The first-order valence-corrected chi connectivity index (χ1v) is 8.89. The van der Waals surface area contributed by atoms with Gasteiger partial charge in [0, 0.05) is 17.0 Å². The SMILES string of the molecule is Cc1c(C)c2ccc(OCC(=O)NCC[NH+]3CCOCC3)cc2oc1=O. The van der Waals surface area contributed by atoms with Gasteiger partial charge in [0.15, 0.2) is 6.61 Å². The van der Waals surface area contributed by atoms with Crippen molar-refractivity contribution >= 4 is 16.9 Å². The Morgan fingerprint density at radius 1 is 1.23 bits per heavy atom. The standard InChI is InChI=1S/C19H24N2O5/c1-13-14(2)19(23)26-17-11-15(3-4-16(13)17)25-12-18(22)20-5-6-21-7-9-24-10-8-21/h3-4,11H,5-10,12H2,1-2H3,(H,20,22)/p+1. The first kappa shape index (κ1) is 18.4. The van der Waals surface area contributed by atoms with Crippen molar-refractivity contribution in [2.45, 2.75) is 13.8 Å². The molecule has 3 rings (SSSR count). The number of carbonyl (C=O) groups excluding carboxylic acids is 1. The van der Waals surface area contributed by atoms with Crippen LogP contribution in [0.15, 0.2) is 27.4 Å². The molecule has 1 amide bonds. The van der Waals surface area contributed by atoms with Crippen molar-refractivity contribution in [3.8, 4) is 5.75 Å². The summed E-state index contributed by atoms with van der Waals surface area (Å²) in [5.41, 5.74) is 1.61. The molecule has 0 spiro atoms. The lowest BCUT2D eigenvalue weighted by Gasteiger charge is -2.23. The molecular formula is C19H25N2O5+. The van der Waals surface area contributed by atoms with Gasteiger partial charge in [-0.1, -0.05) is 0 Å². The summed E-state index contributed by atoms with van der Waals surface area (Å²) in [6.07, 6.45) is 0. The summed E-state index contributed by atoms with van der Waals surface area (Å²) in [4.78, 5) is 25.2. The Morgan fingerprint density at radius 2 is 2.00 bits per heavy atom. The van der Waals surface area contributed by atoms with E-state index in [4.69, 9.17) is 13.9 Å². The highest BCUT2D eigenvalue weighted by Crippen LogP contribution is 2.23. The average Bonchev–Trinajstić information content (AvgIpc) is 2.65. The van der Waals surface area contributed by atoms with Gasteiger partial charge in [0.2, 0.25) is 0 Å². The number of benzene rings is 1. The molecule has 2 heterocycles. The molecule has 0 aliphatic carbocycles. The van der Waals surface area contributed by atoms with Crippen molar-refractivity contribution in [3.63, 3.8) is 0 Å². The Labute approximate surface area is 151 Å². The number of amides is 1. The highest BCUT2D eigenvalue weighted by Gasteiger charge is 2.14. The number of aryl methyl sites for hydroxylation is 1. The summed E-state index contributed by atoms with van der Waals surface area (Å²) in [6.45, 7) is 8.58. The predicted molar refractivity (Wildman–Crippen MR) is 96.8 cm³/mol. The number of rotatable bonds is 6. The van der Waals surface area contributed by atoms with Crippen LogP contribution in [0.5, 0.6) is 5.75 Å². The van der Waals surface area contributed by atoms with Gasteiger partial charge in [0.1, 0.15) is 24.4 Å². The molecule has 1 saturated heterocycles. The molecule has 0 bridgehead atoms. The van der Waals surface area contributed by atoms with Crippen LogP contribution in [0.4, 0.5) is 0 Å². The van der Waals surface area contributed by atoms with Crippen LogP contribution in [0.3, 0.4) is 0 Å². The average molecular weight is 361 g/mol. The fourth-order valence-electron chi connectivity index (χ4n) is 3.01. The van der Waals surface area contributed by atoms with Gasteiger partial charge in [0.05, 0.1) is 26.3 Å². The maximum atomic E-state index is 11.9. The highest BCUT2D eigenvalue weighted by atomic mass is 16.5. The lowest BCUT2D eigenvalue weighted by molar-refractivity contribution is -0.906. The summed E-state index contributed by atoms with van der Waals surface area (Å²) in [6, 6.07) is 5.27. The van der Waals surface area contributed by atoms with Crippen molar-refractivity contribution in [2.75, 3.05) is 46.0 Å². The zero-order chi connectivity index (χ0) is 18.5. The molecule has 140 valence electrons. The van der Waals surface area contributed by atoms with Crippen molar-refractivity contribution < 1.29 is 23.6 Å². The Bertz CT molecular complexity index is 840. The fraction of sp³-hybridized carbons (Fsp3) is 0.474. The Balaban J connectivity index is 1.51. The van der Waals surface area contributed by atoms with E-state index < -0.39 is 0 Å². The lowest BCUT2D eigenvalue weighted by Crippen LogP contribution is -3.14. The van der Waals surface area contributed by atoms with Crippen molar-refractivity contribution in [2.24, 2.45) is 0 Å². The minimum atomic E-state index is -0.351. The number of morpholine rings is 1. The second-order valence-corrected chi connectivity index (χ2v) is 6.55. The smallest absolute Gasteiger partial charge is 0.339 e. The van der Waals surface area contributed by atoms with Crippen LogP contribution in [0, 0.1) is 13.8 Å². The largest absolute Gasteiger partial charge is 0.484 e. The summed E-state index contributed by atoms with van der Waals surface area (Å²) >= 11 is 0. The van der Waals surface area contributed by atoms with E-state index in [-0.39, 0.29) is 18.1 Å². The molecule has 1 aliphatic rings. The summed E-state index contributed by atoms with van der Waals surface area (Å²) in [7, 11) is 0. The normalized spacial score (nSPS) is 15.2. The molecule has 7 heteroatoms. The van der Waals surface area contributed by atoms with E-state index in [9.17, 15) is 9.59 Å². The molecule has 26 heavy (non-hydrogen) atoms. The number of hydrogen-bond donors (Lipinski definition) is 2. The molecule has 0 radical (unpaired) electrons. The van der Waals surface area contributed by atoms with Crippen LogP contribution in [0.25, 0.3) is 11.0 Å².